The Morgan fingerprint density at radius 1 is 1.50 bits per heavy atom. The van der Waals surface area contributed by atoms with Crippen molar-refractivity contribution in [2.75, 3.05) is 13.3 Å². The Hall–Kier alpha value is -1.01. The summed E-state index contributed by atoms with van der Waals surface area (Å²) in [7, 11) is 0. The lowest BCUT2D eigenvalue weighted by atomic mass is 10.2. The van der Waals surface area contributed by atoms with Gasteiger partial charge in [0, 0.05) is 0 Å². The number of carboxylic acid groups (broad SMARTS) is 1. The van der Waals surface area contributed by atoms with Crippen LogP contribution in [0.1, 0.15) is 5.56 Å². The average molecular weight is 210 g/mol. The van der Waals surface area contributed by atoms with E-state index < -0.39 is 12.9 Å². The first-order valence-electron chi connectivity index (χ1n) is 4.39. The van der Waals surface area contributed by atoms with Gasteiger partial charge in [0.1, 0.15) is 0 Å². The lowest BCUT2D eigenvalue weighted by molar-refractivity contribution is -0.136. The summed E-state index contributed by atoms with van der Waals surface area (Å²) >= 11 is 0. The number of benzene rings is 1. The van der Waals surface area contributed by atoms with Crippen LogP contribution in [0, 0.1) is 0 Å². The predicted octanol–water partition coefficient (Wildman–Crippen LogP) is 1.65. The van der Waals surface area contributed by atoms with Crippen molar-refractivity contribution in [3.8, 4) is 0 Å². The Morgan fingerprint density at radius 2 is 2.14 bits per heavy atom. The van der Waals surface area contributed by atoms with E-state index in [2.05, 4.69) is 19.6 Å². The monoisotopic (exact) mass is 210 g/mol. The van der Waals surface area contributed by atoms with E-state index in [1.165, 1.54) is 5.30 Å². The predicted molar refractivity (Wildman–Crippen MR) is 63.3 cm³/mol. The van der Waals surface area contributed by atoms with Gasteiger partial charge in [-0.2, -0.15) is 0 Å². The molecular weight excluding hydrogens is 195 g/mol. The molecule has 1 rings (SSSR count). The van der Waals surface area contributed by atoms with Crippen molar-refractivity contribution in [1.29, 1.82) is 0 Å². The van der Waals surface area contributed by atoms with E-state index >= 15 is 0 Å². The van der Waals surface area contributed by atoms with Crippen LogP contribution in [0.3, 0.4) is 0 Å². The highest BCUT2D eigenvalue weighted by Crippen LogP contribution is 2.33. The lowest BCUT2D eigenvalue weighted by Crippen LogP contribution is -2.07. The second-order valence-corrected chi connectivity index (χ2v) is 7.81. The number of carbonyl (C=O) groups is 1. The van der Waals surface area contributed by atoms with Gasteiger partial charge in [0.2, 0.25) is 0 Å². The molecule has 1 aromatic rings. The highest BCUT2D eigenvalue weighted by Gasteiger charge is 2.06. The molecule has 0 radical (unpaired) electrons. The largest absolute Gasteiger partial charge is 0.481 e. The molecule has 76 valence electrons. The fourth-order valence-electron chi connectivity index (χ4n) is 1.22. The van der Waals surface area contributed by atoms with Crippen molar-refractivity contribution >= 4 is 24.5 Å². The minimum absolute atomic E-state index is 0.0911. The number of carboxylic acids is 1. The van der Waals surface area contributed by atoms with Crippen LogP contribution in [-0.2, 0) is 11.2 Å². The molecule has 3 heteroatoms. The Morgan fingerprint density at radius 3 is 2.64 bits per heavy atom. The van der Waals surface area contributed by atoms with Crippen LogP contribution >= 0.6 is 6.89 Å². The summed E-state index contributed by atoms with van der Waals surface area (Å²) in [5, 5.41) is 9.83. The summed E-state index contributed by atoms with van der Waals surface area (Å²) in [6.45, 7) is 2.95. The van der Waals surface area contributed by atoms with Gasteiger partial charge in [0.05, 0.1) is 6.42 Å². The first-order valence-corrected chi connectivity index (χ1v) is 7.26. The third-order valence-corrected chi connectivity index (χ3v) is 3.64. The highest BCUT2D eigenvalue weighted by molar-refractivity contribution is 7.79. The van der Waals surface area contributed by atoms with Crippen LogP contribution in [-0.4, -0.2) is 30.7 Å². The molecule has 0 unspecified atom stereocenters. The maximum Gasteiger partial charge on any atom is 0.307 e. The fraction of sp³-hybridized carbons (Fsp3) is 0.273. The van der Waals surface area contributed by atoms with E-state index in [1.807, 2.05) is 24.3 Å². The van der Waals surface area contributed by atoms with Crippen molar-refractivity contribution in [3.63, 3.8) is 0 Å². The third-order valence-electron chi connectivity index (χ3n) is 1.96. The molecule has 1 N–H and O–H groups in total. The first kappa shape index (κ1) is 11.1. The normalized spacial score (nSPS) is 11.3. The van der Waals surface area contributed by atoms with Gasteiger partial charge < -0.3 is 5.11 Å². The average Bonchev–Trinajstić information content (AvgIpc) is 2.01. The molecule has 2 nitrogen and oxygen atoms in total. The van der Waals surface area contributed by atoms with Crippen molar-refractivity contribution < 1.29 is 9.90 Å². The fourth-order valence-corrected chi connectivity index (χ4v) is 2.22. The highest BCUT2D eigenvalue weighted by atomic mass is 31.2. The second kappa shape index (κ2) is 4.02. The number of hydrogen-bond donors (Lipinski definition) is 1. The minimum atomic E-state index is -1.28. The van der Waals surface area contributed by atoms with Gasteiger partial charge in [-0.15, -0.1) is 0 Å². The van der Waals surface area contributed by atoms with E-state index in [0.29, 0.717) is 0 Å². The van der Waals surface area contributed by atoms with Crippen molar-refractivity contribution in [2.24, 2.45) is 0 Å². The van der Waals surface area contributed by atoms with Gasteiger partial charge in [0.15, 0.2) is 0 Å². The molecule has 0 aliphatic carbocycles. The summed E-state index contributed by atoms with van der Waals surface area (Å²) < 4.78 is 0. The third kappa shape index (κ3) is 3.04. The van der Waals surface area contributed by atoms with Gasteiger partial charge in [-0.1, -0.05) is 37.5 Å². The molecule has 0 saturated carbocycles. The number of hydrogen-bond acceptors (Lipinski definition) is 1. The summed E-state index contributed by atoms with van der Waals surface area (Å²) in [4.78, 5) is 10.5. The molecule has 0 spiro atoms. The standard InChI is InChI=1S/C11H15O2P/c1-14(2,3)10-6-4-5-9(7-10)8-11(12)13/h4-7H,1,8H2,2-3H3,(H,12,13). The molecule has 14 heavy (non-hydrogen) atoms. The zero-order chi connectivity index (χ0) is 10.8. The first-order chi connectivity index (χ1) is 6.39. The van der Waals surface area contributed by atoms with Gasteiger partial charge >= 0.3 is 5.97 Å². The molecule has 0 bridgehead atoms. The maximum absolute atomic E-state index is 10.5. The van der Waals surface area contributed by atoms with Crippen LogP contribution in [0.25, 0.3) is 0 Å². The summed E-state index contributed by atoms with van der Waals surface area (Å²) in [5.41, 5.74) is 0.853. The van der Waals surface area contributed by atoms with Crippen molar-refractivity contribution in [1.82, 2.24) is 0 Å². The van der Waals surface area contributed by atoms with Crippen LogP contribution in [0.2, 0.25) is 0 Å². The lowest BCUT2D eigenvalue weighted by Gasteiger charge is -2.13. The van der Waals surface area contributed by atoms with E-state index in [-0.39, 0.29) is 6.42 Å². The van der Waals surface area contributed by atoms with Crippen molar-refractivity contribution in [3.05, 3.63) is 29.8 Å². The molecule has 0 fully saturated rings. The summed E-state index contributed by atoms with van der Waals surface area (Å²) in [6, 6.07) is 7.72. The SMILES string of the molecule is C=P(C)(C)c1cccc(CC(=O)O)c1. The van der Waals surface area contributed by atoms with E-state index in [9.17, 15) is 4.79 Å². The molecule has 0 saturated heterocycles. The molecule has 0 heterocycles. The van der Waals surface area contributed by atoms with Gasteiger partial charge in [-0.3, -0.25) is 4.79 Å². The van der Waals surface area contributed by atoms with E-state index in [0.717, 1.165) is 5.56 Å². The van der Waals surface area contributed by atoms with Gasteiger partial charge in [-0.25, -0.2) is 0 Å². The summed E-state index contributed by atoms with van der Waals surface area (Å²) in [6.07, 6.45) is 4.22. The molecule has 0 amide bonds. The zero-order valence-electron chi connectivity index (χ0n) is 8.53. The second-order valence-electron chi connectivity index (χ2n) is 3.93. The van der Waals surface area contributed by atoms with Gasteiger partial charge in [-0.05, 0) is 24.2 Å². The molecule has 0 atom stereocenters. The topological polar surface area (TPSA) is 37.3 Å². The van der Waals surface area contributed by atoms with Crippen LogP contribution < -0.4 is 5.30 Å². The smallest absolute Gasteiger partial charge is 0.307 e. The Kier molecular flexibility index (Phi) is 3.17. The summed E-state index contributed by atoms with van der Waals surface area (Å²) in [5.74, 6) is -0.789. The maximum atomic E-state index is 10.5. The minimum Gasteiger partial charge on any atom is -0.481 e. The quantitative estimate of drug-likeness (QED) is 0.770. The molecule has 0 aliphatic rings. The zero-order valence-corrected chi connectivity index (χ0v) is 9.42. The van der Waals surface area contributed by atoms with Crippen LogP contribution in [0.4, 0.5) is 0 Å². The number of aliphatic carboxylic acids is 1. The van der Waals surface area contributed by atoms with E-state index in [1.54, 1.807) is 0 Å². The van der Waals surface area contributed by atoms with E-state index in [4.69, 9.17) is 5.11 Å². The molecular formula is C11H15O2P. The molecule has 0 aromatic heterocycles. The van der Waals surface area contributed by atoms with Crippen LogP contribution in [0.15, 0.2) is 24.3 Å². The Balaban J connectivity index is 3.02. The number of rotatable bonds is 3. The molecule has 0 aliphatic heterocycles. The van der Waals surface area contributed by atoms with Crippen molar-refractivity contribution in [2.45, 2.75) is 6.42 Å². The van der Waals surface area contributed by atoms with Gasteiger partial charge in [0.25, 0.3) is 0 Å². The molecule has 1 aromatic carbocycles. The van der Waals surface area contributed by atoms with Crippen LogP contribution in [0.5, 0.6) is 0 Å². The Bertz CT molecular complexity index is 390. The Labute approximate surface area is 84.6 Å².